The summed E-state index contributed by atoms with van der Waals surface area (Å²) in [5, 5.41) is 5.91. The van der Waals surface area contributed by atoms with E-state index in [1.807, 2.05) is 22.6 Å². The molecule has 0 aliphatic heterocycles. The van der Waals surface area contributed by atoms with Crippen LogP contribution in [-0.2, 0) is 7.05 Å². The molecule has 1 N–H and O–H groups in total. The Kier molecular flexibility index (Phi) is 1.37. The number of aromatic amines is 1. The van der Waals surface area contributed by atoms with Gasteiger partial charge in [0.1, 0.15) is 0 Å². The molecular formula is C3H4IN3O. The summed E-state index contributed by atoms with van der Waals surface area (Å²) in [7, 11) is 1.66. The van der Waals surface area contributed by atoms with Gasteiger partial charge in [-0.1, -0.05) is 0 Å². The molecule has 0 fully saturated rings. The van der Waals surface area contributed by atoms with Crippen molar-refractivity contribution >= 4 is 22.6 Å². The molecule has 0 aliphatic rings. The highest BCUT2D eigenvalue weighted by Crippen LogP contribution is 1.89. The predicted octanol–water partition coefficient (Wildman–Crippen LogP) is -0.287. The molecule has 8 heavy (non-hydrogen) atoms. The molecule has 0 atom stereocenters. The van der Waals surface area contributed by atoms with E-state index in [1.165, 1.54) is 4.57 Å². The first kappa shape index (κ1) is 5.80. The molecule has 5 heteroatoms. The highest BCUT2D eigenvalue weighted by molar-refractivity contribution is 14.1. The van der Waals surface area contributed by atoms with E-state index in [-0.39, 0.29) is 5.69 Å². The molecule has 0 spiro atoms. The van der Waals surface area contributed by atoms with Gasteiger partial charge in [0.25, 0.3) is 0 Å². The molecule has 1 aromatic rings. The average molecular weight is 225 g/mol. The van der Waals surface area contributed by atoms with Crippen molar-refractivity contribution < 1.29 is 0 Å². The monoisotopic (exact) mass is 225 g/mol. The number of nitrogens with zero attached hydrogens (tertiary/aromatic N) is 2. The van der Waals surface area contributed by atoms with Crippen LogP contribution in [-0.4, -0.2) is 14.8 Å². The minimum Gasteiger partial charge on any atom is -0.274 e. The van der Waals surface area contributed by atoms with Crippen LogP contribution in [0.25, 0.3) is 0 Å². The Morgan fingerprint density at radius 3 is 2.62 bits per heavy atom. The van der Waals surface area contributed by atoms with Gasteiger partial charge in [-0.15, -0.1) is 5.10 Å². The quantitative estimate of drug-likeness (QED) is 0.617. The van der Waals surface area contributed by atoms with Crippen molar-refractivity contribution in [3.05, 3.63) is 14.3 Å². The Bertz CT molecular complexity index is 237. The highest BCUT2D eigenvalue weighted by Gasteiger charge is 1.95. The fourth-order valence-corrected chi connectivity index (χ4v) is 0.667. The SMILES string of the molecule is Cn1c(I)n[nH]c1=O. The number of rotatable bonds is 0. The van der Waals surface area contributed by atoms with Crippen molar-refractivity contribution in [2.24, 2.45) is 7.05 Å². The van der Waals surface area contributed by atoms with Crippen LogP contribution < -0.4 is 5.69 Å². The average Bonchev–Trinajstić information content (AvgIpc) is 1.98. The standard InChI is InChI=1S/C3H4IN3O/c1-7-2(4)5-6-3(7)8/h1H3,(H,6,8). The summed E-state index contributed by atoms with van der Waals surface area (Å²) >= 11 is 1.97. The molecule has 1 heterocycles. The minimum atomic E-state index is -0.172. The van der Waals surface area contributed by atoms with E-state index in [1.54, 1.807) is 7.05 Å². The van der Waals surface area contributed by atoms with Crippen LogP contribution >= 0.6 is 22.6 Å². The molecule has 1 aromatic heterocycles. The third kappa shape index (κ3) is 0.770. The van der Waals surface area contributed by atoms with Crippen LogP contribution in [0.15, 0.2) is 4.79 Å². The lowest BCUT2D eigenvalue weighted by Gasteiger charge is -1.81. The van der Waals surface area contributed by atoms with Crippen LogP contribution in [0.4, 0.5) is 0 Å². The van der Waals surface area contributed by atoms with Gasteiger partial charge in [-0.25, -0.2) is 9.89 Å². The molecule has 44 valence electrons. The van der Waals surface area contributed by atoms with Gasteiger partial charge in [-0.3, -0.25) is 4.57 Å². The number of hydrogen-bond donors (Lipinski definition) is 1. The Hall–Kier alpha value is -0.330. The van der Waals surface area contributed by atoms with E-state index in [9.17, 15) is 4.79 Å². The van der Waals surface area contributed by atoms with Crippen molar-refractivity contribution in [2.75, 3.05) is 0 Å². The molecule has 0 aromatic carbocycles. The van der Waals surface area contributed by atoms with Gasteiger partial charge in [0, 0.05) is 29.6 Å². The zero-order chi connectivity index (χ0) is 6.15. The number of halogens is 1. The van der Waals surface area contributed by atoms with Crippen LogP contribution in [0.2, 0.25) is 0 Å². The fraction of sp³-hybridized carbons (Fsp3) is 0.333. The number of nitrogens with one attached hydrogen (secondary N) is 1. The molecule has 4 nitrogen and oxygen atoms in total. The van der Waals surface area contributed by atoms with Crippen molar-refractivity contribution in [3.63, 3.8) is 0 Å². The summed E-state index contributed by atoms with van der Waals surface area (Å²) in [6.07, 6.45) is 0. The minimum absolute atomic E-state index is 0.172. The van der Waals surface area contributed by atoms with Gasteiger partial charge >= 0.3 is 5.69 Å². The van der Waals surface area contributed by atoms with Crippen molar-refractivity contribution in [1.29, 1.82) is 0 Å². The zero-order valence-electron chi connectivity index (χ0n) is 4.18. The maximum absolute atomic E-state index is 10.5. The molecule has 0 amide bonds. The Morgan fingerprint density at radius 1 is 1.88 bits per heavy atom. The predicted molar refractivity (Wildman–Crippen MR) is 36.5 cm³/mol. The van der Waals surface area contributed by atoms with E-state index in [4.69, 9.17) is 0 Å². The first-order valence-electron chi connectivity index (χ1n) is 1.98. The van der Waals surface area contributed by atoms with E-state index < -0.39 is 0 Å². The third-order valence-corrected chi connectivity index (χ3v) is 1.79. The van der Waals surface area contributed by atoms with E-state index in [0.717, 1.165) is 0 Å². The van der Waals surface area contributed by atoms with Gasteiger partial charge in [0.2, 0.25) is 0 Å². The van der Waals surface area contributed by atoms with Crippen LogP contribution in [0, 0.1) is 3.83 Å². The van der Waals surface area contributed by atoms with Gasteiger partial charge in [0.15, 0.2) is 3.83 Å². The molecule has 0 bridgehead atoms. The summed E-state index contributed by atoms with van der Waals surface area (Å²) in [4.78, 5) is 10.5. The Morgan fingerprint density at radius 2 is 2.50 bits per heavy atom. The first-order chi connectivity index (χ1) is 3.72. The number of aromatic nitrogens is 3. The first-order valence-corrected chi connectivity index (χ1v) is 3.06. The normalized spacial score (nSPS) is 9.75. The molecule has 0 unspecified atom stereocenters. The highest BCUT2D eigenvalue weighted by atomic mass is 127. The Balaban J connectivity index is 3.41. The van der Waals surface area contributed by atoms with Gasteiger partial charge in [-0.2, -0.15) is 0 Å². The van der Waals surface area contributed by atoms with Crippen LogP contribution in [0.3, 0.4) is 0 Å². The number of hydrogen-bond acceptors (Lipinski definition) is 2. The van der Waals surface area contributed by atoms with Gasteiger partial charge in [-0.05, 0) is 0 Å². The molecule has 1 rings (SSSR count). The summed E-state index contributed by atoms with van der Waals surface area (Å²) in [6.45, 7) is 0. The summed E-state index contributed by atoms with van der Waals surface area (Å²) in [5.74, 6) is 0. The maximum Gasteiger partial charge on any atom is 0.343 e. The lowest BCUT2D eigenvalue weighted by Crippen LogP contribution is -2.13. The fourth-order valence-electron chi connectivity index (χ4n) is 0.328. The summed E-state index contributed by atoms with van der Waals surface area (Å²) in [6, 6.07) is 0. The van der Waals surface area contributed by atoms with Crippen molar-refractivity contribution in [1.82, 2.24) is 14.8 Å². The topological polar surface area (TPSA) is 50.7 Å². The second-order valence-corrected chi connectivity index (χ2v) is 2.32. The maximum atomic E-state index is 10.5. The zero-order valence-corrected chi connectivity index (χ0v) is 6.34. The molecule has 0 saturated carbocycles. The summed E-state index contributed by atoms with van der Waals surface area (Å²) < 4.78 is 2.10. The lowest BCUT2D eigenvalue weighted by atomic mass is 11.1. The molecule has 0 saturated heterocycles. The van der Waals surface area contributed by atoms with E-state index in [0.29, 0.717) is 3.83 Å². The van der Waals surface area contributed by atoms with Gasteiger partial charge in [0.05, 0.1) is 0 Å². The Labute approximate surface area is 59.0 Å². The van der Waals surface area contributed by atoms with Crippen molar-refractivity contribution in [3.8, 4) is 0 Å². The third-order valence-electron chi connectivity index (χ3n) is 0.825. The summed E-state index contributed by atoms with van der Waals surface area (Å²) in [5.41, 5.74) is -0.172. The smallest absolute Gasteiger partial charge is 0.274 e. The molecule has 0 radical (unpaired) electrons. The second kappa shape index (κ2) is 1.88. The largest absolute Gasteiger partial charge is 0.343 e. The van der Waals surface area contributed by atoms with Gasteiger partial charge < -0.3 is 0 Å². The van der Waals surface area contributed by atoms with Crippen LogP contribution in [0.1, 0.15) is 0 Å². The van der Waals surface area contributed by atoms with E-state index in [2.05, 4.69) is 10.2 Å². The lowest BCUT2D eigenvalue weighted by molar-refractivity contribution is 0.838. The molecular weight excluding hydrogens is 221 g/mol. The number of H-pyrrole nitrogens is 1. The second-order valence-electron chi connectivity index (χ2n) is 1.36. The van der Waals surface area contributed by atoms with Crippen molar-refractivity contribution in [2.45, 2.75) is 0 Å². The van der Waals surface area contributed by atoms with Crippen LogP contribution in [0.5, 0.6) is 0 Å². The molecule has 0 aliphatic carbocycles. The van der Waals surface area contributed by atoms with E-state index >= 15 is 0 Å².